The topological polar surface area (TPSA) is 84.0 Å². The third-order valence-electron chi connectivity index (χ3n) is 7.07. The zero-order valence-corrected chi connectivity index (χ0v) is 19.6. The number of hydrogen-bond acceptors (Lipinski definition) is 5. The van der Waals surface area contributed by atoms with Gasteiger partial charge in [0.1, 0.15) is 5.75 Å². The van der Waals surface area contributed by atoms with Gasteiger partial charge in [-0.05, 0) is 67.8 Å². The summed E-state index contributed by atoms with van der Waals surface area (Å²) in [4.78, 5) is 53.9. The number of fused-ring (bicyclic) bond motifs is 1. The van der Waals surface area contributed by atoms with Crippen LogP contribution in [0, 0.1) is 24.7 Å². The van der Waals surface area contributed by atoms with Crippen LogP contribution in [0.25, 0.3) is 0 Å². The molecule has 0 aromatic heterocycles. The van der Waals surface area contributed by atoms with E-state index in [4.69, 9.17) is 16.3 Å². The lowest BCUT2D eigenvalue weighted by atomic mass is 9.81. The van der Waals surface area contributed by atoms with Crippen molar-refractivity contribution in [3.05, 3.63) is 53.1 Å². The summed E-state index contributed by atoms with van der Waals surface area (Å²) in [6.07, 6.45) is 3.53. The van der Waals surface area contributed by atoms with Crippen LogP contribution < -0.4 is 14.5 Å². The van der Waals surface area contributed by atoms with Crippen LogP contribution in [0.1, 0.15) is 37.7 Å². The minimum Gasteiger partial charge on any atom is -0.426 e. The van der Waals surface area contributed by atoms with E-state index >= 15 is 0 Å². The lowest BCUT2D eigenvalue weighted by Crippen LogP contribution is -2.31. The second kappa shape index (κ2) is 8.87. The van der Waals surface area contributed by atoms with Gasteiger partial charge in [0, 0.05) is 23.7 Å². The van der Waals surface area contributed by atoms with Crippen LogP contribution in [0.2, 0.25) is 5.02 Å². The van der Waals surface area contributed by atoms with Gasteiger partial charge in [0.05, 0.1) is 23.4 Å². The number of anilines is 2. The van der Waals surface area contributed by atoms with Gasteiger partial charge in [-0.2, -0.15) is 0 Å². The Morgan fingerprint density at radius 1 is 0.971 bits per heavy atom. The number of nitrogens with zero attached hydrogens (tertiary/aromatic N) is 2. The van der Waals surface area contributed by atoms with Crippen molar-refractivity contribution in [1.29, 1.82) is 0 Å². The van der Waals surface area contributed by atoms with Crippen LogP contribution in [-0.4, -0.2) is 30.2 Å². The maximum absolute atomic E-state index is 12.9. The summed E-state index contributed by atoms with van der Waals surface area (Å²) in [5, 5.41) is 0.571. The largest absolute Gasteiger partial charge is 0.426 e. The van der Waals surface area contributed by atoms with Gasteiger partial charge < -0.3 is 9.64 Å². The molecule has 3 aliphatic rings. The molecule has 8 heteroatoms. The summed E-state index contributed by atoms with van der Waals surface area (Å²) >= 11 is 5.92. The average molecular weight is 481 g/mol. The molecule has 0 spiro atoms. The molecule has 3 amide bonds. The number of hydrogen-bond donors (Lipinski definition) is 0. The van der Waals surface area contributed by atoms with Crippen molar-refractivity contribution in [2.75, 3.05) is 16.3 Å². The highest BCUT2D eigenvalue weighted by atomic mass is 35.5. The Kier molecular flexibility index (Phi) is 5.90. The van der Waals surface area contributed by atoms with Crippen LogP contribution in [-0.2, 0) is 19.2 Å². The molecule has 1 aliphatic carbocycles. The predicted molar refractivity (Wildman–Crippen MR) is 127 cm³/mol. The van der Waals surface area contributed by atoms with Crippen molar-refractivity contribution in [3.63, 3.8) is 0 Å². The molecular formula is C26H25ClN2O5. The van der Waals surface area contributed by atoms with Crippen LogP contribution in [0.3, 0.4) is 0 Å². The molecule has 3 fully saturated rings. The van der Waals surface area contributed by atoms with E-state index in [0.29, 0.717) is 27.7 Å². The summed E-state index contributed by atoms with van der Waals surface area (Å²) in [6, 6.07) is 11.8. The molecule has 7 nitrogen and oxygen atoms in total. The van der Waals surface area contributed by atoms with E-state index in [1.807, 2.05) is 0 Å². The fraction of sp³-hybridized carbons (Fsp3) is 0.385. The highest BCUT2D eigenvalue weighted by Gasteiger charge is 2.49. The van der Waals surface area contributed by atoms with Gasteiger partial charge in [0.25, 0.3) is 0 Å². The lowest BCUT2D eigenvalue weighted by molar-refractivity contribution is -0.139. The first kappa shape index (κ1) is 22.6. The second-order valence-electron chi connectivity index (χ2n) is 9.26. The van der Waals surface area contributed by atoms with Crippen molar-refractivity contribution < 1.29 is 23.9 Å². The number of ether oxygens (including phenoxy) is 1. The van der Waals surface area contributed by atoms with E-state index in [0.717, 1.165) is 25.7 Å². The van der Waals surface area contributed by atoms with Crippen molar-refractivity contribution in [3.8, 4) is 5.75 Å². The number of rotatable bonds is 4. The molecule has 2 heterocycles. The number of esters is 1. The number of halogens is 1. The van der Waals surface area contributed by atoms with Gasteiger partial charge in [-0.25, -0.2) is 4.90 Å². The first-order valence-corrected chi connectivity index (χ1v) is 12.0. The normalized spacial score (nSPS) is 24.5. The molecule has 2 aromatic rings. The molecule has 0 N–H and O–H groups in total. The van der Waals surface area contributed by atoms with Crippen molar-refractivity contribution in [2.24, 2.45) is 17.8 Å². The number of carbonyl (C=O) groups is 4. The van der Waals surface area contributed by atoms with E-state index in [9.17, 15) is 19.2 Å². The average Bonchev–Trinajstić information content (AvgIpc) is 3.33. The number of aryl methyl sites for hydroxylation is 1. The van der Waals surface area contributed by atoms with Crippen LogP contribution >= 0.6 is 11.6 Å². The molecular weight excluding hydrogens is 456 g/mol. The third kappa shape index (κ3) is 3.98. The summed E-state index contributed by atoms with van der Waals surface area (Å²) in [5.41, 5.74) is 1.90. The van der Waals surface area contributed by atoms with E-state index in [2.05, 4.69) is 0 Å². The highest BCUT2D eigenvalue weighted by Crippen LogP contribution is 2.41. The number of benzene rings is 2. The standard InChI is InChI=1S/C26H25ClN2O5/c1-15-12-19(10-11-22(15)29-24(31)20-4-2-3-5-21(20)25(29)32)34-26(33)16-13-23(30)28(14-16)18-8-6-17(27)7-9-18/h6-12,16,20-21H,2-5,13-14H2,1H3/t16-,20-,21+/m1/s1. The van der Waals surface area contributed by atoms with Crippen molar-refractivity contribution >= 4 is 46.7 Å². The van der Waals surface area contributed by atoms with Crippen molar-refractivity contribution in [1.82, 2.24) is 0 Å². The maximum atomic E-state index is 12.9. The lowest BCUT2D eigenvalue weighted by Gasteiger charge is -2.19. The van der Waals surface area contributed by atoms with Gasteiger partial charge in [0.15, 0.2) is 0 Å². The van der Waals surface area contributed by atoms with Gasteiger partial charge in [-0.3, -0.25) is 19.2 Å². The van der Waals surface area contributed by atoms with Crippen LogP contribution in [0.5, 0.6) is 5.75 Å². The minimum absolute atomic E-state index is 0.0675. The predicted octanol–water partition coefficient (Wildman–Crippen LogP) is 4.29. The Hall–Kier alpha value is -3.19. The Labute approximate surface area is 202 Å². The highest BCUT2D eigenvalue weighted by molar-refractivity contribution is 6.30. The molecule has 0 unspecified atom stereocenters. The molecule has 2 saturated heterocycles. The summed E-state index contributed by atoms with van der Waals surface area (Å²) in [7, 11) is 0. The summed E-state index contributed by atoms with van der Waals surface area (Å²) in [5.74, 6) is -1.61. The molecule has 0 bridgehead atoms. The van der Waals surface area contributed by atoms with Gasteiger partial charge in [-0.15, -0.1) is 0 Å². The Morgan fingerprint density at radius 3 is 2.24 bits per heavy atom. The van der Waals surface area contributed by atoms with E-state index in [1.54, 1.807) is 54.3 Å². The second-order valence-corrected chi connectivity index (χ2v) is 9.70. The Balaban J connectivity index is 1.28. The molecule has 2 aliphatic heterocycles. The molecule has 34 heavy (non-hydrogen) atoms. The first-order chi connectivity index (χ1) is 16.3. The fourth-order valence-electron chi connectivity index (χ4n) is 5.28. The molecule has 5 rings (SSSR count). The SMILES string of the molecule is Cc1cc(OC(=O)[C@@H]2CC(=O)N(c3ccc(Cl)cc3)C2)ccc1N1C(=O)[C@H]2CCCC[C@H]2C1=O. The van der Waals surface area contributed by atoms with Gasteiger partial charge >= 0.3 is 5.97 Å². The Bertz CT molecular complexity index is 1150. The number of imide groups is 1. The van der Waals surface area contributed by atoms with E-state index in [1.165, 1.54) is 4.90 Å². The quantitative estimate of drug-likeness (QED) is 0.370. The zero-order chi connectivity index (χ0) is 24.0. The molecule has 176 valence electrons. The number of amides is 3. The van der Waals surface area contributed by atoms with Crippen LogP contribution in [0.4, 0.5) is 11.4 Å². The molecule has 1 saturated carbocycles. The van der Waals surface area contributed by atoms with Crippen molar-refractivity contribution in [2.45, 2.75) is 39.0 Å². The summed E-state index contributed by atoms with van der Waals surface area (Å²) in [6.45, 7) is 2.02. The van der Waals surface area contributed by atoms with Gasteiger partial charge in [-0.1, -0.05) is 24.4 Å². The molecule has 0 radical (unpaired) electrons. The fourth-order valence-corrected chi connectivity index (χ4v) is 5.40. The maximum Gasteiger partial charge on any atom is 0.316 e. The minimum atomic E-state index is -0.590. The monoisotopic (exact) mass is 480 g/mol. The smallest absolute Gasteiger partial charge is 0.316 e. The van der Waals surface area contributed by atoms with E-state index in [-0.39, 0.29) is 42.5 Å². The molecule has 3 atom stereocenters. The first-order valence-electron chi connectivity index (χ1n) is 11.6. The molecule has 2 aromatic carbocycles. The number of carbonyl (C=O) groups excluding carboxylic acids is 4. The third-order valence-corrected chi connectivity index (χ3v) is 7.32. The van der Waals surface area contributed by atoms with Gasteiger partial charge in [0.2, 0.25) is 17.7 Å². The zero-order valence-electron chi connectivity index (χ0n) is 18.8. The Morgan fingerprint density at radius 2 is 1.62 bits per heavy atom. The summed E-state index contributed by atoms with van der Waals surface area (Å²) < 4.78 is 5.57. The van der Waals surface area contributed by atoms with Crippen LogP contribution in [0.15, 0.2) is 42.5 Å². The van der Waals surface area contributed by atoms with E-state index < -0.39 is 11.9 Å².